The third kappa shape index (κ3) is 3.07. The molecule has 0 aliphatic heterocycles. The average Bonchev–Trinajstić information content (AvgIpc) is 2.54. The number of hydrogen-bond acceptors (Lipinski definition) is 3. The fraction of sp³-hybridized carbons (Fsp3) is 0.118. The zero-order valence-electron chi connectivity index (χ0n) is 12.5. The number of H-pyrrole nitrogens is 1. The van der Waals surface area contributed by atoms with E-state index in [4.69, 9.17) is 12.2 Å². The maximum atomic E-state index is 12.5. The standard InChI is InChI=1S/C17H15N3O2S/c1-11-6-2-4-8-13(11)18-15(21)10-20-16(22)12-7-3-5-9-14(12)19-17(20)23/h2-9H,10H2,1H3,(H,18,21)(H,19,23). The Balaban J connectivity index is 1.93. The van der Waals surface area contributed by atoms with E-state index in [0.717, 1.165) is 11.3 Å². The highest BCUT2D eigenvalue weighted by Crippen LogP contribution is 2.13. The molecular formula is C17H15N3O2S. The molecule has 0 saturated heterocycles. The Hall–Kier alpha value is -2.73. The number of nitrogens with one attached hydrogen (secondary N) is 2. The number of carbonyl (C=O) groups excluding carboxylic acids is 1. The number of aryl methyl sites for hydroxylation is 1. The molecule has 0 radical (unpaired) electrons. The number of benzene rings is 2. The van der Waals surface area contributed by atoms with Gasteiger partial charge in [-0.05, 0) is 42.9 Å². The van der Waals surface area contributed by atoms with Crippen molar-refractivity contribution in [2.75, 3.05) is 5.32 Å². The first-order chi connectivity index (χ1) is 11.1. The molecule has 0 atom stereocenters. The minimum atomic E-state index is -0.295. The number of rotatable bonds is 3. The van der Waals surface area contributed by atoms with Crippen LogP contribution >= 0.6 is 12.2 Å². The molecule has 0 aliphatic carbocycles. The summed E-state index contributed by atoms with van der Waals surface area (Å²) in [6.45, 7) is 1.78. The second-order valence-corrected chi connectivity index (χ2v) is 5.62. The first-order valence-electron chi connectivity index (χ1n) is 7.13. The van der Waals surface area contributed by atoms with Gasteiger partial charge in [-0.1, -0.05) is 30.3 Å². The molecule has 2 aromatic carbocycles. The molecule has 0 spiro atoms. The molecule has 1 amide bonds. The van der Waals surface area contributed by atoms with Crippen LogP contribution in [0.4, 0.5) is 5.69 Å². The second kappa shape index (κ2) is 6.18. The third-order valence-electron chi connectivity index (χ3n) is 3.61. The Kier molecular flexibility index (Phi) is 4.08. The van der Waals surface area contributed by atoms with Crippen LogP contribution in [0.1, 0.15) is 5.56 Å². The monoisotopic (exact) mass is 325 g/mol. The van der Waals surface area contributed by atoms with Crippen LogP contribution in [0.25, 0.3) is 10.9 Å². The zero-order valence-corrected chi connectivity index (χ0v) is 13.3. The number of fused-ring (bicyclic) bond motifs is 1. The van der Waals surface area contributed by atoms with Crippen LogP contribution in [0.2, 0.25) is 0 Å². The highest BCUT2D eigenvalue weighted by Gasteiger charge is 2.10. The molecule has 5 nitrogen and oxygen atoms in total. The van der Waals surface area contributed by atoms with Crippen molar-refractivity contribution >= 4 is 34.7 Å². The number of aromatic nitrogens is 2. The summed E-state index contributed by atoms with van der Waals surface area (Å²) >= 11 is 5.20. The molecule has 3 rings (SSSR count). The molecular weight excluding hydrogens is 310 g/mol. The van der Waals surface area contributed by atoms with Crippen LogP contribution in [0.15, 0.2) is 53.3 Å². The Labute approximate surface area is 137 Å². The molecule has 1 heterocycles. The highest BCUT2D eigenvalue weighted by molar-refractivity contribution is 7.71. The molecule has 0 bridgehead atoms. The topological polar surface area (TPSA) is 66.9 Å². The molecule has 0 aliphatic rings. The maximum absolute atomic E-state index is 12.5. The summed E-state index contributed by atoms with van der Waals surface area (Å²) in [5.41, 5.74) is 2.07. The fourth-order valence-corrected chi connectivity index (χ4v) is 2.65. The Bertz CT molecular complexity index is 1000. The van der Waals surface area contributed by atoms with Gasteiger partial charge in [0.25, 0.3) is 5.56 Å². The zero-order chi connectivity index (χ0) is 16.4. The SMILES string of the molecule is Cc1ccccc1NC(=O)Cn1c(=S)[nH]c2ccccc2c1=O. The molecule has 23 heavy (non-hydrogen) atoms. The summed E-state index contributed by atoms with van der Waals surface area (Å²) in [5, 5.41) is 3.31. The number of hydrogen-bond donors (Lipinski definition) is 2. The molecule has 6 heteroatoms. The van der Waals surface area contributed by atoms with Gasteiger partial charge in [-0.15, -0.1) is 0 Å². The van der Waals surface area contributed by atoms with Gasteiger partial charge in [-0.3, -0.25) is 14.2 Å². The van der Waals surface area contributed by atoms with Crippen LogP contribution in [0.3, 0.4) is 0 Å². The van der Waals surface area contributed by atoms with Crippen molar-refractivity contribution in [2.45, 2.75) is 13.5 Å². The molecule has 0 saturated carbocycles. The highest BCUT2D eigenvalue weighted by atomic mass is 32.1. The Morgan fingerprint density at radius 3 is 2.65 bits per heavy atom. The number of anilines is 1. The lowest BCUT2D eigenvalue weighted by molar-refractivity contribution is -0.116. The predicted molar refractivity (Wildman–Crippen MR) is 93.2 cm³/mol. The number of carbonyl (C=O) groups is 1. The summed E-state index contributed by atoms with van der Waals surface area (Å²) < 4.78 is 1.50. The van der Waals surface area contributed by atoms with Gasteiger partial charge in [-0.2, -0.15) is 0 Å². The number of para-hydroxylation sites is 2. The van der Waals surface area contributed by atoms with Crippen molar-refractivity contribution in [1.82, 2.24) is 9.55 Å². The van der Waals surface area contributed by atoms with Crippen molar-refractivity contribution in [3.63, 3.8) is 0 Å². The van der Waals surface area contributed by atoms with Crippen LogP contribution in [-0.2, 0) is 11.3 Å². The molecule has 1 aromatic heterocycles. The molecule has 0 fully saturated rings. The van der Waals surface area contributed by atoms with Gasteiger partial charge in [0.2, 0.25) is 5.91 Å². The summed E-state index contributed by atoms with van der Waals surface area (Å²) in [7, 11) is 0. The predicted octanol–water partition coefficient (Wildman–Crippen LogP) is 3.01. The van der Waals surface area contributed by atoms with Crippen molar-refractivity contribution < 1.29 is 4.79 Å². The minimum Gasteiger partial charge on any atom is -0.332 e. The largest absolute Gasteiger partial charge is 0.332 e. The van der Waals surface area contributed by atoms with Crippen molar-refractivity contribution in [1.29, 1.82) is 0 Å². The van der Waals surface area contributed by atoms with Gasteiger partial charge in [-0.25, -0.2) is 0 Å². The van der Waals surface area contributed by atoms with Gasteiger partial charge < -0.3 is 10.3 Å². The Morgan fingerprint density at radius 2 is 1.87 bits per heavy atom. The first kappa shape index (κ1) is 15.2. The third-order valence-corrected chi connectivity index (χ3v) is 3.93. The summed E-state index contributed by atoms with van der Waals surface area (Å²) in [6.07, 6.45) is 0. The lowest BCUT2D eigenvalue weighted by Gasteiger charge is -2.10. The molecule has 2 N–H and O–H groups in total. The number of amides is 1. The average molecular weight is 325 g/mol. The minimum absolute atomic E-state index is 0.132. The first-order valence-corrected chi connectivity index (χ1v) is 7.54. The van der Waals surface area contributed by atoms with Crippen LogP contribution in [0, 0.1) is 11.7 Å². The molecule has 3 aromatic rings. The van der Waals surface area contributed by atoms with Gasteiger partial charge in [0.05, 0.1) is 10.9 Å². The van der Waals surface area contributed by atoms with E-state index in [1.165, 1.54) is 4.57 Å². The number of aromatic amines is 1. The Morgan fingerprint density at radius 1 is 1.17 bits per heavy atom. The van der Waals surface area contributed by atoms with Crippen molar-refractivity contribution in [3.05, 3.63) is 69.2 Å². The summed E-state index contributed by atoms with van der Waals surface area (Å²) in [5.74, 6) is -0.295. The normalized spacial score (nSPS) is 10.7. The van der Waals surface area contributed by atoms with E-state index in [1.54, 1.807) is 18.2 Å². The van der Waals surface area contributed by atoms with Crippen LogP contribution in [-0.4, -0.2) is 15.5 Å². The van der Waals surface area contributed by atoms with Crippen LogP contribution < -0.4 is 10.9 Å². The van der Waals surface area contributed by atoms with E-state index in [9.17, 15) is 9.59 Å². The van der Waals surface area contributed by atoms with E-state index in [2.05, 4.69) is 10.3 Å². The van der Waals surface area contributed by atoms with E-state index in [-0.39, 0.29) is 22.8 Å². The van der Waals surface area contributed by atoms with Gasteiger partial charge >= 0.3 is 0 Å². The quantitative estimate of drug-likeness (QED) is 0.728. The van der Waals surface area contributed by atoms with Crippen molar-refractivity contribution in [2.24, 2.45) is 0 Å². The summed E-state index contributed by atoms with van der Waals surface area (Å²) in [4.78, 5) is 27.7. The maximum Gasteiger partial charge on any atom is 0.262 e. The molecule has 0 unspecified atom stereocenters. The van der Waals surface area contributed by atoms with Crippen LogP contribution in [0.5, 0.6) is 0 Å². The fourth-order valence-electron chi connectivity index (χ4n) is 2.39. The molecule has 116 valence electrons. The van der Waals surface area contributed by atoms with Gasteiger partial charge in [0, 0.05) is 5.69 Å². The van der Waals surface area contributed by atoms with E-state index < -0.39 is 0 Å². The van der Waals surface area contributed by atoms with E-state index in [1.807, 2.05) is 37.3 Å². The van der Waals surface area contributed by atoms with Crippen molar-refractivity contribution in [3.8, 4) is 0 Å². The lowest BCUT2D eigenvalue weighted by atomic mass is 10.2. The number of nitrogens with zero attached hydrogens (tertiary/aromatic N) is 1. The summed E-state index contributed by atoms with van der Waals surface area (Å²) in [6, 6.07) is 14.6. The van der Waals surface area contributed by atoms with E-state index >= 15 is 0 Å². The van der Waals surface area contributed by atoms with Gasteiger partial charge in [0.15, 0.2) is 4.77 Å². The van der Waals surface area contributed by atoms with Gasteiger partial charge in [0.1, 0.15) is 6.54 Å². The smallest absolute Gasteiger partial charge is 0.262 e. The lowest BCUT2D eigenvalue weighted by Crippen LogP contribution is -2.29. The van der Waals surface area contributed by atoms with E-state index in [0.29, 0.717) is 10.9 Å². The second-order valence-electron chi connectivity index (χ2n) is 5.23.